The lowest BCUT2D eigenvalue weighted by Gasteiger charge is -2.24. The van der Waals surface area contributed by atoms with E-state index in [4.69, 9.17) is 0 Å². The molecule has 0 aromatic heterocycles. The van der Waals surface area contributed by atoms with E-state index >= 15 is 0 Å². The second kappa shape index (κ2) is 5.14. The number of nitrogens with zero attached hydrogens (tertiary/aromatic N) is 1. The van der Waals surface area contributed by atoms with Gasteiger partial charge in [-0.05, 0) is 56.2 Å². The number of rotatable bonds is 2. The Balaban J connectivity index is 2.10. The first kappa shape index (κ1) is 14.6. The van der Waals surface area contributed by atoms with E-state index in [1.807, 2.05) is 44.2 Å². The van der Waals surface area contributed by atoms with Gasteiger partial charge in [-0.2, -0.15) is 0 Å². The number of anilines is 1. The number of hydrogen-bond acceptors (Lipinski definition) is 2. The first-order chi connectivity index (χ1) is 9.89. The van der Waals surface area contributed by atoms with Crippen molar-refractivity contribution in [3.8, 4) is 0 Å². The number of fused-ring (bicyclic) bond motifs is 1. The van der Waals surface area contributed by atoms with Crippen molar-refractivity contribution in [2.24, 2.45) is 0 Å². The van der Waals surface area contributed by atoms with Gasteiger partial charge in [-0.15, -0.1) is 0 Å². The summed E-state index contributed by atoms with van der Waals surface area (Å²) in [5, 5.41) is 0. The summed E-state index contributed by atoms with van der Waals surface area (Å²) < 4.78 is 28.4. The maximum Gasteiger partial charge on any atom is 0.264 e. The second-order valence-corrected chi connectivity index (χ2v) is 8.17. The molecule has 1 heterocycles. The molecular weight excluding hydrogens is 350 g/mol. The van der Waals surface area contributed by atoms with Gasteiger partial charge in [0, 0.05) is 10.5 Å². The van der Waals surface area contributed by atoms with Gasteiger partial charge >= 0.3 is 0 Å². The van der Waals surface area contributed by atoms with Crippen molar-refractivity contribution >= 4 is 31.6 Å². The summed E-state index contributed by atoms with van der Waals surface area (Å²) in [5.41, 5.74) is 2.89. The van der Waals surface area contributed by atoms with E-state index in [-0.39, 0.29) is 6.04 Å². The zero-order chi connectivity index (χ0) is 15.2. The van der Waals surface area contributed by atoms with Crippen molar-refractivity contribution in [1.82, 2.24) is 0 Å². The molecule has 0 unspecified atom stereocenters. The van der Waals surface area contributed by atoms with Gasteiger partial charge in [-0.3, -0.25) is 4.31 Å². The third kappa shape index (κ3) is 2.49. The predicted molar refractivity (Wildman–Crippen MR) is 88.2 cm³/mol. The largest absolute Gasteiger partial charge is 0.264 e. The molecule has 0 radical (unpaired) electrons. The third-order valence-corrected chi connectivity index (χ3v) is 6.21. The molecule has 110 valence electrons. The average Bonchev–Trinajstić information content (AvgIpc) is 2.74. The molecule has 0 N–H and O–H groups in total. The van der Waals surface area contributed by atoms with Crippen LogP contribution < -0.4 is 4.31 Å². The fourth-order valence-electron chi connectivity index (χ4n) is 2.76. The minimum Gasteiger partial charge on any atom is -0.263 e. The van der Waals surface area contributed by atoms with Crippen LogP contribution in [0.1, 0.15) is 18.1 Å². The van der Waals surface area contributed by atoms with Gasteiger partial charge in [0.15, 0.2) is 0 Å². The lowest BCUT2D eigenvalue weighted by molar-refractivity contribution is 0.584. The maximum absolute atomic E-state index is 12.9. The minimum atomic E-state index is -3.51. The van der Waals surface area contributed by atoms with Crippen LogP contribution in [0.4, 0.5) is 5.69 Å². The Morgan fingerprint density at radius 1 is 1.14 bits per heavy atom. The van der Waals surface area contributed by atoms with Crippen LogP contribution in [-0.4, -0.2) is 14.5 Å². The number of halogens is 1. The van der Waals surface area contributed by atoms with Crippen LogP contribution in [0.3, 0.4) is 0 Å². The summed E-state index contributed by atoms with van der Waals surface area (Å²) in [7, 11) is -3.51. The summed E-state index contributed by atoms with van der Waals surface area (Å²) in [4.78, 5) is 0.343. The molecule has 2 aromatic carbocycles. The number of hydrogen-bond donors (Lipinski definition) is 0. The molecular formula is C16H16BrNO2S. The molecule has 1 aliphatic rings. The standard InChI is InChI=1S/C16H16BrNO2S/c1-11-3-6-15(7-4-11)21(19,20)18-12(2)9-13-10-14(17)5-8-16(13)18/h3-8,10,12H,9H2,1-2H3/t12-/m1/s1. The van der Waals surface area contributed by atoms with E-state index in [9.17, 15) is 8.42 Å². The first-order valence-corrected chi connectivity index (χ1v) is 9.02. The monoisotopic (exact) mass is 365 g/mol. The Bertz CT molecular complexity index is 784. The van der Waals surface area contributed by atoms with Crippen molar-refractivity contribution < 1.29 is 8.42 Å². The fourth-order valence-corrected chi connectivity index (χ4v) is 4.86. The molecule has 3 rings (SSSR count). The Morgan fingerprint density at radius 2 is 1.81 bits per heavy atom. The topological polar surface area (TPSA) is 37.4 Å². The Morgan fingerprint density at radius 3 is 2.48 bits per heavy atom. The smallest absolute Gasteiger partial charge is 0.263 e. The second-order valence-electron chi connectivity index (χ2n) is 5.44. The predicted octanol–water partition coefficient (Wildman–Crippen LogP) is 3.90. The van der Waals surface area contributed by atoms with E-state index in [1.165, 1.54) is 0 Å². The van der Waals surface area contributed by atoms with Gasteiger partial charge in [0.05, 0.1) is 10.6 Å². The van der Waals surface area contributed by atoms with Gasteiger partial charge in [-0.25, -0.2) is 8.42 Å². The van der Waals surface area contributed by atoms with Crippen molar-refractivity contribution in [3.63, 3.8) is 0 Å². The Labute approximate surface area is 133 Å². The molecule has 1 atom stereocenters. The molecule has 0 spiro atoms. The van der Waals surface area contributed by atoms with Gasteiger partial charge < -0.3 is 0 Å². The highest BCUT2D eigenvalue weighted by Crippen LogP contribution is 2.38. The summed E-state index contributed by atoms with van der Waals surface area (Å²) in [6.45, 7) is 3.89. The van der Waals surface area contributed by atoms with E-state index in [2.05, 4.69) is 15.9 Å². The third-order valence-electron chi connectivity index (χ3n) is 3.77. The average molecular weight is 366 g/mol. The quantitative estimate of drug-likeness (QED) is 0.809. The zero-order valence-electron chi connectivity index (χ0n) is 11.9. The summed E-state index contributed by atoms with van der Waals surface area (Å²) >= 11 is 3.44. The molecule has 2 aromatic rings. The first-order valence-electron chi connectivity index (χ1n) is 6.79. The molecule has 5 heteroatoms. The van der Waals surface area contributed by atoms with E-state index in [0.717, 1.165) is 27.7 Å². The van der Waals surface area contributed by atoms with Crippen LogP contribution in [0.15, 0.2) is 51.8 Å². The van der Waals surface area contributed by atoms with Crippen molar-refractivity contribution in [2.45, 2.75) is 31.2 Å². The van der Waals surface area contributed by atoms with Crippen molar-refractivity contribution in [2.75, 3.05) is 4.31 Å². The Kier molecular flexibility index (Phi) is 3.58. The highest BCUT2D eigenvalue weighted by atomic mass is 79.9. The SMILES string of the molecule is Cc1ccc(S(=O)(=O)N2c3ccc(Br)cc3C[C@H]2C)cc1. The van der Waals surface area contributed by atoms with Gasteiger partial charge in [0.2, 0.25) is 0 Å². The molecule has 0 aliphatic carbocycles. The molecule has 0 fully saturated rings. The Hall–Kier alpha value is -1.33. The fraction of sp³-hybridized carbons (Fsp3) is 0.250. The maximum atomic E-state index is 12.9. The minimum absolute atomic E-state index is 0.0689. The van der Waals surface area contributed by atoms with Crippen LogP contribution in [-0.2, 0) is 16.4 Å². The van der Waals surface area contributed by atoms with Crippen LogP contribution >= 0.6 is 15.9 Å². The molecule has 1 aliphatic heterocycles. The summed E-state index contributed by atoms with van der Waals surface area (Å²) in [6.07, 6.45) is 0.736. The molecule has 0 saturated carbocycles. The number of sulfonamides is 1. The van der Waals surface area contributed by atoms with Crippen molar-refractivity contribution in [3.05, 3.63) is 58.1 Å². The lowest BCUT2D eigenvalue weighted by atomic mass is 10.1. The highest BCUT2D eigenvalue weighted by Gasteiger charge is 2.35. The molecule has 0 saturated heterocycles. The summed E-state index contributed by atoms with van der Waals surface area (Å²) in [5.74, 6) is 0. The van der Waals surface area contributed by atoms with Crippen LogP contribution in [0.25, 0.3) is 0 Å². The van der Waals surface area contributed by atoms with Gasteiger partial charge in [0.25, 0.3) is 10.0 Å². The van der Waals surface area contributed by atoms with Gasteiger partial charge in [0.1, 0.15) is 0 Å². The molecule has 0 amide bonds. The normalized spacial score (nSPS) is 17.9. The number of aryl methyl sites for hydroxylation is 1. The van der Waals surface area contributed by atoms with E-state index in [1.54, 1.807) is 16.4 Å². The van der Waals surface area contributed by atoms with E-state index in [0.29, 0.717) is 4.90 Å². The highest BCUT2D eigenvalue weighted by molar-refractivity contribution is 9.10. The summed E-state index contributed by atoms with van der Waals surface area (Å²) in [6, 6.07) is 12.7. The van der Waals surface area contributed by atoms with E-state index < -0.39 is 10.0 Å². The van der Waals surface area contributed by atoms with Crippen molar-refractivity contribution in [1.29, 1.82) is 0 Å². The molecule has 3 nitrogen and oxygen atoms in total. The lowest BCUT2D eigenvalue weighted by Crippen LogP contribution is -2.35. The molecule has 21 heavy (non-hydrogen) atoms. The number of benzene rings is 2. The van der Waals surface area contributed by atoms with Crippen LogP contribution in [0.5, 0.6) is 0 Å². The van der Waals surface area contributed by atoms with Crippen LogP contribution in [0, 0.1) is 6.92 Å². The van der Waals surface area contributed by atoms with Crippen LogP contribution in [0.2, 0.25) is 0 Å². The molecule has 0 bridgehead atoms. The zero-order valence-corrected chi connectivity index (χ0v) is 14.3. The van der Waals surface area contributed by atoms with Gasteiger partial charge in [-0.1, -0.05) is 33.6 Å².